The maximum atomic E-state index is 12.4. The molecule has 0 N–H and O–H groups in total. The summed E-state index contributed by atoms with van der Waals surface area (Å²) in [4.78, 5) is 24.3. The third-order valence-electron chi connectivity index (χ3n) is 13.7. The molecule has 0 heterocycles. The second-order valence-corrected chi connectivity index (χ2v) is 15.3. The van der Waals surface area contributed by atoms with Crippen LogP contribution in [0, 0.1) is 51.2 Å². The fourth-order valence-corrected chi connectivity index (χ4v) is 11.7. The van der Waals surface area contributed by atoms with Crippen molar-refractivity contribution < 1.29 is 19.1 Å². The van der Waals surface area contributed by atoms with Crippen LogP contribution < -0.4 is 0 Å². The van der Waals surface area contributed by atoms with Crippen molar-refractivity contribution in [2.24, 2.45) is 51.2 Å². The van der Waals surface area contributed by atoms with Crippen molar-refractivity contribution in [3.8, 4) is 0 Å². The van der Waals surface area contributed by atoms with Crippen molar-refractivity contribution in [1.82, 2.24) is 0 Å². The normalized spacial score (nSPS) is 50.4. The van der Waals surface area contributed by atoms with Gasteiger partial charge < -0.3 is 9.47 Å². The fraction of sp³-hybridized carbons (Fsp3) is 0.879. The molecule has 4 heteroatoms. The molecule has 0 aromatic heterocycles. The van der Waals surface area contributed by atoms with E-state index in [4.69, 9.17) is 9.47 Å². The van der Waals surface area contributed by atoms with Crippen LogP contribution in [0.4, 0.5) is 0 Å². The lowest BCUT2D eigenvalue weighted by Crippen LogP contribution is -2.68. The standard InChI is InChI=1S/C33H52O4/c1-20-12-17-33(37-23(4)35)19-18-31(8)24(28(33)21(20)2)10-11-26-30(7)15-14-27(36-22(3)34)29(5,6)25(30)13-16-32(26,31)9/h12,21,24-28H,10-11,13-19H2,1-9H3/t21-,24-,25-,26+,27-,28-,30-,31+,32-,33+/m0/s1. The summed E-state index contributed by atoms with van der Waals surface area (Å²) in [6.45, 7) is 20.4. The van der Waals surface area contributed by atoms with Gasteiger partial charge in [-0.25, -0.2) is 0 Å². The number of rotatable bonds is 2. The van der Waals surface area contributed by atoms with Gasteiger partial charge in [-0.1, -0.05) is 53.2 Å². The van der Waals surface area contributed by atoms with Gasteiger partial charge in [0.15, 0.2) is 0 Å². The predicted molar refractivity (Wildman–Crippen MR) is 147 cm³/mol. The highest BCUT2D eigenvalue weighted by molar-refractivity contribution is 5.67. The number of carbonyl (C=O) groups is 2. The van der Waals surface area contributed by atoms with E-state index in [2.05, 4.69) is 54.5 Å². The van der Waals surface area contributed by atoms with Crippen LogP contribution in [0.5, 0.6) is 0 Å². The number of hydrogen-bond donors (Lipinski definition) is 0. The van der Waals surface area contributed by atoms with Gasteiger partial charge >= 0.3 is 11.9 Å². The van der Waals surface area contributed by atoms with E-state index in [0.29, 0.717) is 29.6 Å². The van der Waals surface area contributed by atoms with Crippen LogP contribution in [0.1, 0.15) is 120 Å². The van der Waals surface area contributed by atoms with Gasteiger partial charge in [0.25, 0.3) is 0 Å². The summed E-state index contributed by atoms with van der Waals surface area (Å²) < 4.78 is 12.2. The zero-order valence-corrected chi connectivity index (χ0v) is 25.0. The first kappa shape index (κ1) is 27.3. The highest BCUT2D eigenvalue weighted by Gasteiger charge is 2.71. The Morgan fingerprint density at radius 2 is 1.54 bits per heavy atom. The second-order valence-electron chi connectivity index (χ2n) is 15.3. The van der Waals surface area contributed by atoms with Crippen molar-refractivity contribution in [1.29, 1.82) is 0 Å². The van der Waals surface area contributed by atoms with Crippen molar-refractivity contribution in [3.63, 3.8) is 0 Å². The molecule has 4 saturated carbocycles. The number of carbonyl (C=O) groups excluding carboxylic acids is 2. The zero-order chi connectivity index (χ0) is 27.2. The Labute approximate surface area is 225 Å². The number of esters is 2. The molecule has 10 atom stereocenters. The van der Waals surface area contributed by atoms with Crippen molar-refractivity contribution in [2.75, 3.05) is 0 Å². The molecule has 5 aliphatic carbocycles. The van der Waals surface area contributed by atoms with E-state index in [0.717, 1.165) is 32.1 Å². The third kappa shape index (κ3) is 3.65. The maximum absolute atomic E-state index is 12.4. The smallest absolute Gasteiger partial charge is 0.303 e. The van der Waals surface area contributed by atoms with Crippen LogP contribution in [-0.2, 0) is 19.1 Å². The maximum Gasteiger partial charge on any atom is 0.303 e. The van der Waals surface area contributed by atoms with E-state index in [9.17, 15) is 9.59 Å². The Morgan fingerprint density at radius 3 is 2.19 bits per heavy atom. The van der Waals surface area contributed by atoms with Crippen LogP contribution in [0.15, 0.2) is 11.6 Å². The highest BCUT2D eigenvalue weighted by atomic mass is 16.6. The Hall–Kier alpha value is -1.32. The number of hydrogen-bond acceptors (Lipinski definition) is 4. The number of fused-ring (bicyclic) bond motifs is 7. The summed E-state index contributed by atoms with van der Waals surface area (Å²) in [6.07, 6.45) is 12.5. The van der Waals surface area contributed by atoms with Crippen molar-refractivity contribution >= 4 is 11.9 Å². The third-order valence-corrected chi connectivity index (χ3v) is 13.7. The molecule has 0 amide bonds. The lowest BCUT2D eigenvalue weighted by molar-refractivity contribution is -0.264. The van der Waals surface area contributed by atoms with Gasteiger partial charge in [-0.15, -0.1) is 0 Å². The molecule has 5 rings (SSSR count). The number of allylic oxidation sites excluding steroid dienone is 1. The minimum Gasteiger partial charge on any atom is -0.462 e. The van der Waals surface area contributed by atoms with Crippen LogP contribution >= 0.6 is 0 Å². The minimum absolute atomic E-state index is 0.00537. The summed E-state index contributed by atoms with van der Waals surface area (Å²) in [6, 6.07) is 0. The highest BCUT2D eigenvalue weighted by Crippen LogP contribution is 2.76. The molecule has 4 nitrogen and oxygen atoms in total. The Balaban J connectivity index is 1.51. The summed E-state index contributed by atoms with van der Waals surface area (Å²) in [5.74, 6) is 2.41. The van der Waals surface area contributed by atoms with Crippen LogP contribution in [0.3, 0.4) is 0 Å². The molecule has 0 bridgehead atoms. The first-order valence-corrected chi connectivity index (χ1v) is 15.2. The van der Waals surface area contributed by atoms with Gasteiger partial charge in [0.2, 0.25) is 0 Å². The number of ether oxygens (including phenoxy) is 2. The van der Waals surface area contributed by atoms with E-state index >= 15 is 0 Å². The first-order chi connectivity index (χ1) is 17.1. The molecule has 0 unspecified atom stereocenters. The predicted octanol–water partition coefficient (Wildman–Crippen LogP) is 7.89. The van der Waals surface area contributed by atoms with Crippen LogP contribution in [-0.4, -0.2) is 23.6 Å². The Bertz CT molecular complexity index is 996. The topological polar surface area (TPSA) is 52.6 Å². The molecular formula is C33H52O4. The van der Waals surface area contributed by atoms with Gasteiger partial charge in [0.05, 0.1) is 0 Å². The molecule has 5 aliphatic rings. The Morgan fingerprint density at radius 1 is 0.838 bits per heavy atom. The summed E-state index contributed by atoms with van der Waals surface area (Å²) >= 11 is 0. The molecule has 0 aromatic carbocycles. The molecule has 0 radical (unpaired) electrons. The summed E-state index contributed by atoms with van der Waals surface area (Å²) in [5, 5.41) is 0. The molecule has 4 fully saturated rings. The molecular weight excluding hydrogens is 460 g/mol. The monoisotopic (exact) mass is 512 g/mol. The average Bonchev–Trinajstić information content (AvgIpc) is 2.79. The quantitative estimate of drug-likeness (QED) is 0.279. The minimum atomic E-state index is -0.330. The lowest BCUT2D eigenvalue weighted by atomic mass is 9.32. The van der Waals surface area contributed by atoms with Crippen LogP contribution in [0.2, 0.25) is 0 Å². The van der Waals surface area contributed by atoms with E-state index in [1.807, 2.05) is 0 Å². The molecule has 0 spiro atoms. The van der Waals surface area contributed by atoms with Crippen molar-refractivity contribution in [3.05, 3.63) is 11.6 Å². The summed E-state index contributed by atoms with van der Waals surface area (Å²) in [7, 11) is 0. The van der Waals surface area contributed by atoms with Gasteiger partial charge in [-0.2, -0.15) is 0 Å². The first-order valence-electron chi connectivity index (χ1n) is 15.2. The molecule has 37 heavy (non-hydrogen) atoms. The average molecular weight is 513 g/mol. The van der Waals surface area contributed by atoms with Gasteiger partial charge in [-0.05, 0) is 98.2 Å². The lowest BCUT2D eigenvalue weighted by Gasteiger charge is -2.73. The van der Waals surface area contributed by atoms with Gasteiger partial charge in [0, 0.05) is 31.6 Å². The molecule has 0 aromatic rings. The van der Waals surface area contributed by atoms with E-state index in [1.165, 1.54) is 31.3 Å². The van der Waals surface area contributed by atoms with Gasteiger partial charge in [-0.3, -0.25) is 9.59 Å². The van der Waals surface area contributed by atoms with E-state index < -0.39 is 0 Å². The SMILES string of the molecule is CC(=O)O[C@H]1CC[C@]2(C)[C@H]3CC[C@H]4[C@@H]5[C@@H](C)C(C)=CC[C@@]5(OC(C)=O)CC[C@@]4(C)[C@@]3(C)CC[C@H]2C1(C)C. The Kier molecular flexibility index (Phi) is 6.33. The summed E-state index contributed by atoms with van der Waals surface area (Å²) in [5.41, 5.74) is 1.91. The largest absolute Gasteiger partial charge is 0.462 e. The van der Waals surface area contributed by atoms with Crippen LogP contribution in [0.25, 0.3) is 0 Å². The van der Waals surface area contributed by atoms with E-state index in [-0.39, 0.29) is 45.3 Å². The molecule has 208 valence electrons. The molecule has 0 saturated heterocycles. The van der Waals surface area contributed by atoms with Crippen molar-refractivity contribution in [2.45, 2.75) is 132 Å². The second kappa shape index (κ2) is 8.59. The zero-order valence-electron chi connectivity index (χ0n) is 25.0. The fourth-order valence-electron chi connectivity index (χ4n) is 11.7. The molecule has 0 aliphatic heterocycles. The van der Waals surface area contributed by atoms with E-state index in [1.54, 1.807) is 13.8 Å². The van der Waals surface area contributed by atoms with Gasteiger partial charge in [0.1, 0.15) is 11.7 Å².